The Labute approximate surface area is 107 Å². The number of halogens is 1. The van der Waals surface area contributed by atoms with Crippen LogP contribution in [0.3, 0.4) is 0 Å². The minimum Gasteiger partial charge on any atom is -0.347 e. The molecule has 0 amide bonds. The molecule has 2 rings (SSSR count). The van der Waals surface area contributed by atoms with E-state index in [4.69, 9.17) is 11.6 Å². The predicted molar refractivity (Wildman–Crippen MR) is 69.8 cm³/mol. The zero-order valence-corrected chi connectivity index (χ0v) is 11.3. The van der Waals surface area contributed by atoms with Crippen LogP contribution in [0.25, 0.3) is 0 Å². The molecule has 0 spiro atoms. The highest BCUT2D eigenvalue weighted by Crippen LogP contribution is 2.30. The third-order valence-corrected chi connectivity index (χ3v) is 2.86. The van der Waals surface area contributed by atoms with E-state index in [9.17, 15) is 0 Å². The minimum atomic E-state index is 0.264. The van der Waals surface area contributed by atoms with Crippen LogP contribution in [-0.2, 0) is 0 Å². The van der Waals surface area contributed by atoms with Crippen molar-refractivity contribution in [1.82, 2.24) is 15.0 Å². The molecule has 6 heteroatoms. The lowest BCUT2D eigenvalue weighted by atomic mass is 10.4. The van der Waals surface area contributed by atoms with E-state index in [2.05, 4.69) is 26.8 Å². The van der Waals surface area contributed by atoms with Gasteiger partial charge in [-0.15, -0.1) is 0 Å². The number of hydrogen-bond donors (Lipinski definition) is 0. The van der Waals surface area contributed by atoms with Crippen LogP contribution < -0.4 is 9.80 Å². The second-order valence-corrected chi connectivity index (χ2v) is 4.86. The van der Waals surface area contributed by atoms with Crippen molar-refractivity contribution in [3.8, 4) is 0 Å². The fraction of sp³-hybridized carbons (Fsp3) is 0.727. The van der Waals surface area contributed by atoms with Crippen molar-refractivity contribution >= 4 is 23.5 Å². The quantitative estimate of drug-likeness (QED) is 0.805. The van der Waals surface area contributed by atoms with Crippen molar-refractivity contribution in [3.63, 3.8) is 0 Å². The molecule has 0 aliphatic heterocycles. The lowest BCUT2D eigenvalue weighted by Crippen LogP contribution is -2.29. The van der Waals surface area contributed by atoms with Crippen LogP contribution in [0, 0.1) is 0 Å². The van der Waals surface area contributed by atoms with E-state index in [0.717, 1.165) is 13.0 Å². The molecular formula is C11H18ClN5. The molecule has 17 heavy (non-hydrogen) atoms. The van der Waals surface area contributed by atoms with Crippen LogP contribution in [0.2, 0.25) is 5.28 Å². The van der Waals surface area contributed by atoms with Gasteiger partial charge in [-0.25, -0.2) is 0 Å². The van der Waals surface area contributed by atoms with Crippen molar-refractivity contribution in [1.29, 1.82) is 0 Å². The predicted octanol–water partition coefficient (Wildman–Crippen LogP) is 1.97. The van der Waals surface area contributed by atoms with Crippen LogP contribution in [0.5, 0.6) is 0 Å². The van der Waals surface area contributed by atoms with Crippen LogP contribution in [0.4, 0.5) is 11.9 Å². The molecule has 1 aromatic rings. The number of anilines is 2. The molecule has 0 saturated heterocycles. The van der Waals surface area contributed by atoms with Gasteiger partial charge in [0.1, 0.15) is 0 Å². The summed E-state index contributed by atoms with van der Waals surface area (Å²) in [6.45, 7) is 3.13. The Morgan fingerprint density at radius 2 is 1.82 bits per heavy atom. The maximum absolute atomic E-state index is 5.95. The fourth-order valence-electron chi connectivity index (χ4n) is 1.73. The molecule has 0 unspecified atom stereocenters. The summed E-state index contributed by atoms with van der Waals surface area (Å²) >= 11 is 5.95. The van der Waals surface area contributed by atoms with Gasteiger partial charge in [-0.2, -0.15) is 15.0 Å². The third kappa shape index (κ3) is 2.97. The van der Waals surface area contributed by atoms with Crippen molar-refractivity contribution < 1.29 is 0 Å². The Morgan fingerprint density at radius 3 is 2.35 bits per heavy atom. The van der Waals surface area contributed by atoms with Gasteiger partial charge >= 0.3 is 0 Å². The number of aromatic nitrogens is 3. The molecule has 1 heterocycles. The van der Waals surface area contributed by atoms with Crippen LogP contribution in [0.15, 0.2) is 0 Å². The molecule has 0 N–H and O–H groups in total. The van der Waals surface area contributed by atoms with Gasteiger partial charge in [0.2, 0.25) is 17.2 Å². The molecule has 94 valence electrons. The van der Waals surface area contributed by atoms with Crippen molar-refractivity contribution in [2.45, 2.75) is 32.2 Å². The number of hydrogen-bond acceptors (Lipinski definition) is 5. The zero-order valence-electron chi connectivity index (χ0n) is 10.5. The van der Waals surface area contributed by atoms with Crippen LogP contribution in [-0.4, -0.2) is 41.6 Å². The summed E-state index contributed by atoms with van der Waals surface area (Å²) < 4.78 is 0. The van der Waals surface area contributed by atoms with Gasteiger partial charge in [0, 0.05) is 26.7 Å². The summed E-state index contributed by atoms with van der Waals surface area (Å²) in [6.07, 6.45) is 3.53. The van der Waals surface area contributed by atoms with E-state index in [0.29, 0.717) is 17.9 Å². The first-order chi connectivity index (χ1) is 8.11. The molecule has 0 atom stereocenters. The first-order valence-electron chi connectivity index (χ1n) is 5.97. The Kier molecular flexibility index (Phi) is 3.66. The zero-order chi connectivity index (χ0) is 12.4. The van der Waals surface area contributed by atoms with Gasteiger partial charge in [0.15, 0.2) is 0 Å². The summed E-state index contributed by atoms with van der Waals surface area (Å²) in [7, 11) is 3.80. The van der Waals surface area contributed by atoms with Crippen molar-refractivity contribution in [3.05, 3.63) is 5.28 Å². The second-order valence-electron chi connectivity index (χ2n) is 4.52. The molecule has 1 aliphatic rings. The third-order valence-electron chi connectivity index (χ3n) is 2.69. The van der Waals surface area contributed by atoms with Gasteiger partial charge in [0.25, 0.3) is 0 Å². The maximum Gasteiger partial charge on any atom is 0.231 e. The van der Waals surface area contributed by atoms with E-state index in [1.807, 2.05) is 19.0 Å². The monoisotopic (exact) mass is 255 g/mol. The minimum absolute atomic E-state index is 0.264. The first-order valence-corrected chi connectivity index (χ1v) is 6.35. The summed E-state index contributed by atoms with van der Waals surface area (Å²) in [5.74, 6) is 1.32. The van der Waals surface area contributed by atoms with Gasteiger partial charge in [-0.05, 0) is 30.9 Å². The lowest BCUT2D eigenvalue weighted by molar-refractivity contribution is 0.729. The van der Waals surface area contributed by atoms with E-state index in [1.165, 1.54) is 12.8 Å². The Hall–Kier alpha value is -1.10. The van der Waals surface area contributed by atoms with E-state index in [-0.39, 0.29) is 5.28 Å². The molecule has 1 aromatic heterocycles. The number of nitrogens with zero attached hydrogens (tertiary/aromatic N) is 5. The SMILES string of the molecule is CCCN(c1nc(Cl)nc(N(C)C)n1)C1CC1. The van der Waals surface area contributed by atoms with E-state index in [1.54, 1.807) is 0 Å². The van der Waals surface area contributed by atoms with E-state index >= 15 is 0 Å². The highest BCUT2D eigenvalue weighted by molar-refractivity contribution is 6.28. The summed E-state index contributed by atoms with van der Waals surface area (Å²) in [6, 6.07) is 0.587. The van der Waals surface area contributed by atoms with Gasteiger partial charge < -0.3 is 9.80 Å². The Morgan fingerprint density at radius 1 is 1.18 bits per heavy atom. The highest BCUT2D eigenvalue weighted by Gasteiger charge is 2.30. The standard InChI is InChI=1S/C11H18ClN5/c1-4-7-17(8-5-6-8)11-14-9(12)13-10(15-11)16(2)3/h8H,4-7H2,1-3H3. The van der Waals surface area contributed by atoms with Crippen molar-refractivity contribution in [2.24, 2.45) is 0 Å². The molecular weight excluding hydrogens is 238 g/mol. The normalized spacial score (nSPS) is 14.8. The molecule has 0 bridgehead atoms. The van der Waals surface area contributed by atoms with Crippen LogP contribution in [0.1, 0.15) is 26.2 Å². The molecule has 1 saturated carbocycles. The highest BCUT2D eigenvalue weighted by atomic mass is 35.5. The van der Waals surface area contributed by atoms with Crippen LogP contribution >= 0.6 is 11.6 Å². The van der Waals surface area contributed by atoms with E-state index < -0.39 is 0 Å². The second kappa shape index (κ2) is 5.04. The molecule has 5 nitrogen and oxygen atoms in total. The fourth-order valence-corrected chi connectivity index (χ4v) is 1.88. The largest absolute Gasteiger partial charge is 0.347 e. The van der Waals surface area contributed by atoms with Crippen molar-refractivity contribution in [2.75, 3.05) is 30.4 Å². The van der Waals surface area contributed by atoms with Gasteiger partial charge in [-0.1, -0.05) is 6.92 Å². The molecule has 1 aliphatic carbocycles. The first kappa shape index (κ1) is 12.4. The average molecular weight is 256 g/mol. The topological polar surface area (TPSA) is 45.2 Å². The van der Waals surface area contributed by atoms with Gasteiger partial charge in [-0.3, -0.25) is 0 Å². The maximum atomic E-state index is 5.95. The summed E-state index contributed by atoms with van der Waals surface area (Å²) in [5, 5.41) is 0.264. The molecule has 0 radical (unpaired) electrons. The Balaban J connectivity index is 2.28. The molecule has 1 fully saturated rings. The summed E-state index contributed by atoms with van der Waals surface area (Å²) in [4.78, 5) is 16.9. The molecule has 0 aromatic carbocycles. The smallest absolute Gasteiger partial charge is 0.231 e. The average Bonchev–Trinajstić information content (AvgIpc) is 3.08. The summed E-state index contributed by atoms with van der Waals surface area (Å²) in [5.41, 5.74) is 0. The van der Waals surface area contributed by atoms with Gasteiger partial charge in [0.05, 0.1) is 0 Å². The lowest BCUT2D eigenvalue weighted by Gasteiger charge is -2.22. The Bertz CT molecular complexity index is 391. The number of rotatable bonds is 5.